The first kappa shape index (κ1) is 18.2. The van der Waals surface area contributed by atoms with Crippen molar-refractivity contribution in [3.63, 3.8) is 0 Å². The predicted molar refractivity (Wildman–Crippen MR) is 93.9 cm³/mol. The first-order chi connectivity index (χ1) is 11.9. The van der Waals surface area contributed by atoms with Crippen molar-refractivity contribution in [2.45, 2.75) is 70.5 Å². The van der Waals surface area contributed by atoms with Gasteiger partial charge in [0.05, 0.1) is 0 Å². The Hall–Kier alpha value is -1.63. The molecule has 0 aromatic rings. The Kier molecular flexibility index (Phi) is 5.04. The van der Waals surface area contributed by atoms with Gasteiger partial charge in [0, 0.05) is 25.2 Å². The van der Waals surface area contributed by atoms with Crippen molar-refractivity contribution in [3.05, 3.63) is 0 Å². The molecule has 3 fully saturated rings. The second kappa shape index (κ2) is 6.94. The van der Waals surface area contributed by atoms with E-state index in [1.54, 1.807) is 4.90 Å². The van der Waals surface area contributed by atoms with Gasteiger partial charge >= 0.3 is 6.03 Å². The van der Waals surface area contributed by atoms with Gasteiger partial charge in [-0.2, -0.15) is 0 Å². The molecule has 2 heterocycles. The van der Waals surface area contributed by atoms with Crippen LogP contribution in [0.1, 0.15) is 52.9 Å². The highest BCUT2D eigenvalue weighted by atomic mass is 16.2. The van der Waals surface area contributed by atoms with Gasteiger partial charge in [0.2, 0.25) is 5.91 Å². The first-order valence-electron chi connectivity index (χ1n) is 9.55. The van der Waals surface area contributed by atoms with E-state index in [1.165, 1.54) is 0 Å². The number of carbonyl (C=O) groups is 3. The maximum atomic E-state index is 12.9. The summed E-state index contributed by atoms with van der Waals surface area (Å²) in [5, 5.41) is 6.23. The summed E-state index contributed by atoms with van der Waals surface area (Å²) >= 11 is 0. The van der Waals surface area contributed by atoms with Crippen LogP contribution in [-0.4, -0.2) is 64.9 Å². The van der Waals surface area contributed by atoms with E-state index in [0.717, 1.165) is 30.7 Å². The first-order valence-corrected chi connectivity index (χ1v) is 9.55. The van der Waals surface area contributed by atoms with Gasteiger partial charge in [-0.3, -0.25) is 14.5 Å². The standard InChI is InChI=1S/C18H30N4O3/c1-4-14-5-7-18(8-6-14)16(24)22(17(25)20-18)11-15(23)21-10-9-19-12(2)13(21)3/h12-14,19H,4-11H2,1-3H3,(H,20,25). The molecular weight excluding hydrogens is 320 g/mol. The molecule has 3 rings (SSSR count). The summed E-state index contributed by atoms with van der Waals surface area (Å²) in [4.78, 5) is 40.9. The molecule has 2 aliphatic heterocycles. The highest BCUT2D eigenvalue weighted by Gasteiger charge is 2.52. The van der Waals surface area contributed by atoms with Gasteiger partial charge in [-0.25, -0.2) is 4.79 Å². The van der Waals surface area contributed by atoms with Crippen LogP contribution in [0.15, 0.2) is 0 Å². The molecular formula is C18H30N4O3. The van der Waals surface area contributed by atoms with Gasteiger partial charge < -0.3 is 15.5 Å². The summed E-state index contributed by atoms with van der Waals surface area (Å²) in [6.45, 7) is 7.39. The molecule has 140 valence electrons. The number of carbonyl (C=O) groups excluding carboxylic acids is 3. The van der Waals surface area contributed by atoms with Crippen LogP contribution < -0.4 is 10.6 Å². The average molecular weight is 350 g/mol. The summed E-state index contributed by atoms with van der Waals surface area (Å²) in [6.07, 6.45) is 4.39. The van der Waals surface area contributed by atoms with E-state index in [2.05, 4.69) is 17.6 Å². The lowest BCUT2D eigenvalue weighted by Gasteiger charge is -2.39. The minimum Gasteiger partial charge on any atom is -0.336 e. The molecule has 2 N–H and O–H groups in total. The lowest BCUT2D eigenvalue weighted by Crippen LogP contribution is -2.59. The number of hydrogen-bond acceptors (Lipinski definition) is 4. The zero-order chi connectivity index (χ0) is 18.2. The number of imide groups is 1. The smallest absolute Gasteiger partial charge is 0.325 e. The monoisotopic (exact) mass is 350 g/mol. The van der Waals surface area contributed by atoms with Crippen molar-refractivity contribution in [2.75, 3.05) is 19.6 Å². The van der Waals surface area contributed by atoms with Crippen molar-refractivity contribution in [2.24, 2.45) is 5.92 Å². The van der Waals surface area contributed by atoms with E-state index < -0.39 is 11.6 Å². The Morgan fingerprint density at radius 3 is 2.56 bits per heavy atom. The van der Waals surface area contributed by atoms with E-state index in [9.17, 15) is 14.4 Å². The van der Waals surface area contributed by atoms with Crippen LogP contribution in [0.3, 0.4) is 0 Å². The van der Waals surface area contributed by atoms with Gasteiger partial charge in [0.1, 0.15) is 12.1 Å². The highest BCUT2D eigenvalue weighted by Crippen LogP contribution is 2.37. The number of urea groups is 1. The molecule has 25 heavy (non-hydrogen) atoms. The fourth-order valence-corrected chi connectivity index (χ4v) is 4.37. The Morgan fingerprint density at radius 2 is 1.92 bits per heavy atom. The maximum absolute atomic E-state index is 12.9. The quantitative estimate of drug-likeness (QED) is 0.747. The van der Waals surface area contributed by atoms with Gasteiger partial charge in [0.25, 0.3) is 5.91 Å². The molecule has 2 unspecified atom stereocenters. The molecule has 7 heteroatoms. The summed E-state index contributed by atoms with van der Waals surface area (Å²) in [5.41, 5.74) is -0.772. The van der Waals surface area contributed by atoms with Crippen LogP contribution in [-0.2, 0) is 9.59 Å². The summed E-state index contributed by atoms with van der Waals surface area (Å²) in [5.74, 6) is 0.272. The molecule has 0 bridgehead atoms. The van der Waals surface area contributed by atoms with E-state index in [4.69, 9.17) is 0 Å². The third-order valence-corrected chi connectivity index (χ3v) is 6.43. The van der Waals surface area contributed by atoms with Crippen LogP contribution in [0.25, 0.3) is 0 Å². The largest absolute Gasteiger partial charge is 0.336 e. The number of rotatable bonds is 3. The molecule has 7 nitrogen and oxygen atoms in total. The zero-order valence-electron chi connectivity index (χ0n) is 15.5. The minimum atomic E-state index is -0.772. The number of nitrogens with zero attached hydrogens (tertiary/aromatic N) is 2. The SMILES string of the molecule is CCC1CCC2(CC1)NC(=O)N(CC(=O)N1CCNC(C)C1C)C2=O. The molecule has 1 spiro atoms. The molecule has 1 aliphatic carbocycles. The average Bonchev–Trinajstić information content (AvgIpc) is 2.82. The molecule has 3 aliphatic rings. The zero-order valence-corrected chi connectivity index (χ0v) is 15.5. The van der Waals surface area contributed by atoms with Crippen LogP contribution >= 0.6 is 0 Å². The Bertz CT molecular complexity index is 557. The van der Waals surface area contributed by atoms with Gasteiger partial charge in [-0.05, 0) is 45.4 Å². The third-order valence-electron chi connectivity index (χ3n) is 6.43. The molecule has 0 aromatic carbocycles. The van der Waals surface area contributed by atoms with E-state index in [0.29, 0.717) is 25.3 Å². The van der Waals surface area contributed by atoms with Gasteiger partial charge in [-0.1, -0.05) is 13.3 Å². The minimum absolute atomic E-state index is 0.0518. The van der Waals surface area contributed by atoms with Crippen LogP contribution in [0, 0.1) is 5.92 Å². The molecule has 0 aromatic heterocycles. The second-order valence-electron chi connectivity index (χ2n) is 7.83. The number of amides is 4. The van der Waals surface area contributed by atoms with Crippen molar-refractivity contribution in [1.82, 2.24) is 20.4 Å². The highest BCUT2D eigenvalue weighted by molar-refractivity contribution is 6.09. The molecule has 0 radical (unpaired) electrons. The summed E-state index contributed by atoms with van der Waals surface area (Å²) in [7, 11) is 0. The van der Waals surface area contributed by atoms with Crippen LogP contribution in [0.2, 0.25) is 0 Å². The number of piperazine rings is 1. The van der Waals surface area contributed by atoms with Crippen molar-refractivity contribution >= 4 is 17.8 Å². The topological polar surface area (TPSA) is 81.8 Å². The van der Waals surface area contributed by atoms with E-state index in [1.807, 2.05) is 13.8 Å². The Morgan fingerprint density at radius 1 is 1.24 bits per heavy atom. The normalized spacial score (nSPS) is 36.0. The number of nitrogens with one attached hydrogen (secondary N) is 2. The molecule has 2 saturated heterocycles. The maximum Gasteiger partial charge on any atom is 0.325 e. The lowest BCUT2D eigenvalue weighted by atomic mass is 9.75. The van der Waals surface area contributed by atoms with E-state index in [-0.39, 0.29) is 30.4 Å². The Balaban J connectivity index is 1.66. The van der Waals surface area contributed by atoms with Gasteiger partial charge in [0.15, 0.2) is 0 Å². The summed E-state index contributed by atoms with van der Waals surface area (Å²) in [6, 6.07) is -0.156. The van der Waals surface area contributed by atoms with Crippen molar-refractivity contribution in [1.29, 1.82) is 0 Å². The van der Waals surface area contributed by atoms with Crippen LogP contribution in [0.5, 0.6) is 0 Å². The molecule has 4 amide bonds. The van der Waals surface area contributed by atoms with Crippen molar-refractivity contribution in [3.8, 4) is 0 Å². The fourth-order valence-electron chi connectivity index (χ4n) is 4.37. The summed E-state index contributed by atoms with van der Waals surface area (Å²) < 4.78 is 0. The fraction of sp³-hybridized carbons (Fsp3) is 0.833. The third kappa shape index (κ3) is 3.26. The number of hydrogen-bond donors (Lipinski definition) is 2. The van der Waals surface area contributed by atoms with E-state index >= 15 is 0 Å². The molecule has 1 saturated carbocycles. The van der Waals surface area contributed by atoms with Crippen LogP contribution in [0.4, 0.5) is 4.79 Å². The second-order valence-corrected chi connectivity index (χ2v) is 7.83. The Labute approximate surface area is 149 Å². The van der Waals surface area contributed by atoms with Crippen molar-refractivity contribution < 1.29 is 14.4 Å². The molecule has 2 atom stereocenters. The van der Waals surface area contributed by atoms with Gasteiger partial charge in [-0.15, -0.1) is 0 Å². The lowest BCUT2D eigenvalue weighted by molar-refractivity contribution is -0.141. The predicted octanol–water partition coefficient (Wildman–Crippen LogP) is 1.09.